The molecular weight excluding hydrogens is 398 g/mol. The first-order valence-corrected chi connectivity index (χ1v) is 9.61. The van der Waals surface area contributed by atoms with E-state index in [0.29, 0.717) is 17.3 Å². The summed E-state index contributed by atoms with van der Waals surface area (Å²) in [5.74, 6) is -0.461. The van der Waals surface area contributed by atoms with Gasteiger partial charge in [-0.2, -0.15) is 0 Å². The summed E-state index contributed by atoms with van der Waals surface area (Å²) in [6.45, 7) is 2.46. The zero-order valence-corrected chi connectivity index (χ0v) is 16.1. The van der Waals surface area contributed by atoms with Crippen LogP contribution in [-0.2, 0) is 13.0 Å². The molecule has 1 amide bonds. The van der Waals surface area contributed by atoms with Crippen molar-refractivity contribution in [3.05, 3.63) is 40.4 Å². The van der Waals surface area contributed by atoms with Gasteiger partial charge < -0.3 is 15.0 Å². The average molecular weight is 417 g/mol. The summed E-state index contributed by atoms with van der Waals surface area (Å²) in [5, 5.41) is 12.1. The molecule has 0 saturated carbocycles. The Bertz CT molecular complexity index is 847. The number of rotatable bonds is 7. The van der Waals surface area contributed by atoms with Crippen LogP contribution in [-0.4, -0.2) is 33.2 Å². The summed E-state index contributed by atoms with van der Waals surface area (Å²) in [5.41, 5.74) is 1.09. The number of fused-ring (bicyclic) bond motifs is 1. The van der Waals surface area contributed by atoms with Crippen molar-refractivity contribution in [2.24, 2.45) is 0 Å². The molecule has 0 spiro atoms. The number of aromatic nitrogens is 2. The number of pyridine rings is 1. The number of aliphatic hydroxyl groups is 1. The van der Waals surface area contributed by atoms with E-state index in [2.05, 4.69) is 15.0 Å². The van der Waals surface area contributed by atoms with Crippen LogP contribution in [0.2, 0.25) is 5.02 Å². The highest BCUT2D eigenvalue weighted by Gasteiger charge is 2.29. The Balaban J connectivity index is 1.86. The normalized spacial score (nSPS) is 14.4. The third-order valence-corrected chi connectivity index (χ3v) is 5.82. The maximum Gasteiger partial charge on any atom is 0.280 e. The van der Waals surface area contributed by atoms with Crippen LogP contribution in [0.5, 0.6) is 0 Å². The Hall–Kier alpha value is -1.68. The van der Waals surface area contributed by atoms with Crippen LogP contribution >= 0.6 is 23.5 Å². The van der Waals surface area contributed by atoms with Gasteiger partial charge in [-0.05, 0) is 43.8 Å². The summed E-state index contributed by atoms with van der Waals surface area (Å²) < 4.78 is 30.6. The molecule has 0 bridgehead atoms. The van der Waals surface area contributed by atoms with E-state index < -0.39 is 18.0 Å². The van der Waals surface area contributed by atoms with Gasteiger partial charge in [0.25, 0.3) is 12.3 Å². The highest BCUT2D eigenvalue weighted by atomic mass is 35.5. The topological polar surface area (TPSA) is 79.2 Å². The van der Waals surface area contributed by atoms with Crippen molar-refractivity contribution in [2.75, 3.05) is 11.9 Å². The monoisotopic (exact) mass is 416 g/mol. The maximum atomic E-state index is 12.8. The first-order valence-electron chi connectivity index (χ1n) is 8.42. The van der Waals surface area contributed by atoms with Crippen LogP contribution < -0.4 is 10.0 Å². The van der Waals surface area contributed by atoms with Crippen molar-refractivity contribution >= 4 is 35.1 Å². The second-order valence-electron chi connectivity index (χ2n) is 6.22. The lowest BCUT2D eigenvalue weighted by molar-refractivity contribution is 0.101. The van der Waals surface area contributed by atoms with E-state index in [4.69, 9.17) is 16.7 Å². The lowest BCUT2D eigenvalue weighted by atomic mass is 10.2. The van der Waals surface area contributed by atoms with Crippen LogP contribution in [0.4, 0.5) is 14.5 Å². The number of hydrogen-bond donors (Lipinski definition) is 3. The lowest BCUT2D eigenvalue weighted by Gasteiger charge is -2.10. The Labute approximate surface area is 164 Å². The average Bonchev–Trinajstić information content (AvgIpc) is 3.20. The predicted octanol–water partition coefficient (Wildman–Crippen LogP) is 3.65. The van der Waals surface area contributed by atoms with Crippen molar-refractivity contribution in [1.82, 2.24) is 14.3 Å². The number of hydrogen-bond acceptors (Lipinski definition) is 5. The molecule has 3 N–H and O–H groups in total. The molecule has 3 heterocycles. The van der Waals surface area contributed by atoms with E-state index in [1.807, 2.05) is 11.5 Å². The van der Waals surface area contributed by atoms with Gasteiger partial charge in [0.1, 0.15) is 11.4 Å². The highest BCUT2D eigenvalue weighted by Crippen LogP contribution is 2.39. The number of alkyl halides is 2. The van der Waals surface area contributed by atoms with Gasteiger partial charge in [0.2, 0.25) is 0 Å². The van der Waals surface area contributed by atoms with Gasteiger partial charge in [-0.3, -0.25) is 14.5 Å². The standard InChI is InChI=1S/C17H19ClF2N4O2S/c1-9(8-25)23-27-15-12-3-2-6-24(12)14(13(15)18)17(26)22-10-4-5-21-11(7-10)16(19)20/h4-5,7,9,16,23,25H,2-3,6,8H2,1H3,(H,21,22,26). The molecule has 0 aromatic carbocycles. The highest BCUT2D eigenvalue weighted by molar-refractivity contribution is 7.97. The fraction of sp³-hybridized carbons (Fsp3) is 0.412. The lowest BCUT2D eigenvalue weighted by Crippen LogP contribution is -2.22. The van der Waals surface area contributed by atoms with Gasteiger partial charge in [0.15, 0.2) is 0 Å². The van der Waals surface area contributed by atoms with Crippen LogP contribution in [0, 0.1) is 0 Å². The molecule has 6 nitrogen and oxygen atoms in total. The molecular formula is C17H19ClF2N4O2S. The number of nitrogens with zero attached hydrogens (tertiary/aromatic N) is 2. The molecule has 0 aliphatic carbocycles. The Kier molecular flexibility index (Phi) is 6.36. The van der Waals surface area contributed by atoms with Crippen molar-refractivity contribution in [3.8, 4) is 0 Å². The van der Waals surface area contributed by atoms with Gasteiger partial charge in [0.05, 0.1) is 16.5 Å². The van der Waals surface area contributed by atoms with Crippen molar-refractivity contribution in [3.63, 3.8) is 0 Å². The van der Waals surface area contributed by atoms with Gasteiger partial charge in [-0.15, -0.1) is 0 Å². The van der Waals surface area contributed by atoms with Crippen molar-refractivity contribution < 1.29 is 18.7 Å². The number of carbonyl (C=O) groups excluding carboxylic acids is 1. The molecule has 2 aromatic heterocycles. The largest absolute Gasteiger partial charge is 0.395 e. The van der Waals surface area contributed by atoms with E-state index >= 15 is 0 Å². The fourth-order valence-corrected chi connectivity index (χ4v) is 4.19. The Morgan fingerprint density at radius 2 is 2.30 bits per heavy atom. The molecule has 1 unspecified atom stereocenters. The van der Waals surface area contributed by atoms with Crippen LogP contribution in [0.1, 0.15) is 41.6 Å². The first-order chi connectivity index (χ1) is 12.9. The summed E-state index contributed by atoms with van der Waals surface area (Å²) in [7, 11) is 0. The summed E-state index contributed by atoms with van der Waals surface area (Å²) >= 11 is 7.76. The van der Waals surface area contributed by atoms with Gasteiger partial charge in [-0.1, -0.05) is 11.6 Å². The summed E-state index contributed by atoms with van der Waals surface area (Å²) in [4.78, 5) is 17.1. The Morgan fingerprint density at radius 3 is 3.00 bits per heavy atom. The van der Waals surface area contributed by atoms with E-state index in [1.165, 1.54) is 24.2 Å². The zero-order chi connectivity index (χ0) is 19.6. The quantitative estimate of drug-likeness (QED) is 0.600. The van der Waals surface area contributed by atoms with Gasteiger partial charge in [0, 0.05) is 30.2 Å². The molecule has 0 fully saturated rings. The Morgan fingerprint density at radius 1 is 1.52 bits per heavy atom. The number of nitrogens with one attached hydrogen (secondary N) is 2. The third-order valence-electron chi connectivity index (χ3n) is 4.17. The van der Waals surface area contributed by atoms with E-state index in [-0.39, 0.29) is 18.3 Å². The molecule has 27 heavy (non-hydrogen) atoms. The molecule has 0 saturated heterocycles. The first kappa shape index (κ1) is 20.1. The number of amides is 1. The fourth-order valence-electron chi connectivity index (χ4n) is 2.87. The number of aliphatic hydroxyl groups excluding tert-OH is 1. The van der Waals surface area contributed by atoms with Crippen molar-refractivity contribution in [1.29, 1.82) is 0 Å². The van der Waals surface area contributed by atoms with E-state index in [0.717, 1.165) is 29.5 Å². The van der Waals surface area contributed by atoms with E-state index in [9.17, 15) is 13.6 Å². The van der Waals surface area contributed by atoms with Crippen LogP contribution in [0.3, 0.4) is 0 Å². The second-order valence-corrected chi connectivity index (χ2v) is 7.45. The second kappa shape index (κ2) is 8.55. The van der Waals surface area contributed by atoms with Crippen LogP contribution in [0.25, 0.3) is 0 Å². The number of anilines is 1. The molecule has 3 rings (SSSR count). The van der Waals surface area contributed by atoms with E-state index in [1.54, 1.807) is 0 Å². The minimum absolute atomic E-state index is 0.0253. The minimum atomic E-state index is -2.72. The van der Waals surface area contributed by atoms with Gasteiger partial charge in [-0.25, -0.2) is 8.78 Å². The van der Waals surface area contributed by atoms with Crippen molar-refractivity contribution in [2.45, 2.75) is 43.7 Å². The van der Waals surface area contributed by atoms with Crippen LogP contribution in [0.15, 0.2) is 23.2 Å². The molecule has 2 aromatic rings. The van der Waals surface area contributed by atoms with Gasteiger partial charge >= 0.3 is 0 Å². The zero-order valence-electron chi connectivity index (χ0n) is 14.5. The molecule has 1 atom stereocenters. The third kappa shape index (κ3) is 4.26. The summed E-state index contributed by atoms with van der Waals surface area (Å²) in [6, 6.07) is 2.46. The SMILES string of the molecule is CC(CO)NSc1c(Cl)c(C(=O)Nc2ccnc(C(F)F)c2)n2c1CCC2. The predicted molar refractivity (Wildman–Crippen MR) is 100 cm³/mol. The summed E-state index contributed by atoms with van der Waals surface area (Å²) in [6.07, 6.45) is 0.184. The minimum Gasteiger partial charge on any atom is -0.395 e. The maximum absolute atomic E-state index is 12.8. The molecule has 1 aliphatic rings. The smallest absolute Gasteiger partial charge is 0.280 e. The number of halogens is 3. The molecule has 1 aliphatic heterocycles. The molecule has 10 heteroatoms. The molecule has 146 valence electrons. The number of carbonyl (C=O) groups is 1. The molecule has 0 radical (unpaired) electrons.